The molecule has 0 aromatic heterocycles. The molecule has 2 rings (SSSR count). The zero-order chi connectivity index (χ0) is 13.5. The van der Waals surface area contributed by atoms with E-state index in [0.717, 1.165) is 6.42 Å². The molecule has 2 amide bonds. The second-order valence-electron chi connectivity index (χ2n) is 5.79. The van der Waals surface area contributed by atoms with Crippen LogP contribution in [0, 0.1) is 5.41 Å². The summed E-state index contributed by atoms with van der Waals surface area (Å²) in [5.41, 5.74) is -0.0830. The second kappa shape index (κ2) is 4.53. The highest BCUT2D eigenvalue weighted by Crippen LogP contribution is 2.45. The molecule has 3 unspecified atom stereocenters. The van der Waals surface area contributed by atoms with Gasteiger partial charge in [0.25, 0.3) is 0 Å². The standard InChI is InChI=1S/C13H22N2O3/c1-5-8-12(17)15(7-11(16)14-8)9-6-10(18-4)13(9,2)3/h8-10H,5-7H2,1-4H3,(H,14,16). The third-order valence-corrected chi connectivity index (χ3v) is 4.43. The molecule has 0 radical (unpaired) electrons. The number of ether oxygens (including phenoxy) is 1. The number of piperazine rings is 1. The van der Waals surface area contributed by atoms with Gasteiger partial charge in [-0.2, -0.15) is 0 Å². The molecule has 3 atom stereocenters. The monoisotopic (exact) mass is 254 g/mol. The maximum atomic E-state index is 12.3. The molecule has 18 heavy (non-hydrogen) atoms. The van der Waals surface area contributed by atoms with E-state index in [4.69, 9.17) is 4.74 Å². The lowest BCUT2D eigenvalue weighted by Crippen LogP contribution is -2.69. The predicted molar refractivity (Wildman–Crippen MR) is 66.9 cm³/mol. The van der Waals surface area contributed by atoms with Gasteiger partial charge >= 0.3 is 0 Å². The molecule has 1 N–H and O–H groups in total. The average molecular weight is 254 g/mol. The van der Waals surface area contributed by atoms with Crippen molar-refractivity contribution in [3.8, 4) is 0 Å². The smallest absolute Gasteiger partial charge is 0.245 e. The Morgan fingerprint density at radius 3 is 2.61 bits per heavy atom. The van der Waals surface area contributed by atoms with Crippen LogP contribution in [0.2, 0.25) is 0 Å². The highest BCUT2D eigenvalue weighted by Gasteiger charge is 2.54. The van der Waals surface area contributed by atoms with Gasteiger partial charge in [0.15, 0.2) is 0 Å². The molecule has 1 heterocycles. The second-order valence-corrected chi connectivity index (χ2v) is 5.79. The van der Waals surface area contributed by atoms with Crippen molar-refractivity contribution in [3.63, 3.8) is 0 Å². The zero-order valence-electron chi connectivity index (χ0n) is 11.5. The lowest BCUT2D eigenvalue weighted by atomic mass is 9.63. The third-order valence-electron chi connectivity index (χ3n) is 4.43. The number of hydrogen-bond acceptors (Lipinski definition) is 3. The molecule has 1 aliphatic heterocycles. The lowest BCUT2D eigenvalue weighted by molar-refractivity contribution is -0.170. The predicted octanol–water partition coefficient (Wildman–Crippen LogP) is 0.537. The van der Waals surface area contributed by atoms with Crippen LogP contribution in [-0.2, 0) is 14.3 Å². The van der Waals surface area contributed by atoms with Gasteiger partial charge in [0.05, 0.1) is 12.6 Å². The Morgan fingerprint density at radius 1 is 1.44 bits per heavy atom. The summed E-state index contributed by atoms with van der Waals surface area (Å²) in [6, 6.07) is -0.251. The summed E-state index contributed by atoms with van der Waals surface area (Å²) >= 11 is 0. The first kappa shape index (κ1) is 13.3. The molecule has 5 nitrogen and oxygen atoms in total. The van der Waals surface area contributed by atoms with Crippen molar-refractivity contribution in [2.24, 2.45) is 5.41 Å². The Hall–Kier alpha value is -1.10. The number of methoxy groups -OCH3 is 1. The van der Waals surface area contributed by atoms with Gasteiger partial charge in [-0.25, -0.2) is 0 Å². The zero-order valence-corrected chi connectivity index (χ0v) is 11.5. The van der Waals surface area contributed by atoms with Crippen LogP contribution in [0.25, 0.3) is 0 Å². The summed E-state index contributed by atoms with van der Waals surface area (Å²) in [5, 5.41) is 2.74. The fourth-order valence-electron chi connectivity index (χ4n) is 3.07. The molecule has 0 aromatic carbocycles. The van der Waals surface area contributed by atoms with E-state index >= 15 is 0 Å². The van der Waals surface area contributed by atoms with E-state index in [1.165, 1.54) is 0 Å². The number of nitrogens with one attached hydrogen (secondary N) is 1. The fraction of sp³-hybridized carbons (Fsp3) is 0.846. The molecular formula is C13H22N2O3. The van der Waals surface area contributed by atoms with E-state index in [0.29, 0.717) is 6.42 Å². The first-order valence-electron chi connectivity index (χ1n) is 6.54. The van der Waals surface area contributed by atoms with Crippen LogP contribution in [0.4, 0.5) is 0 Å². The van der Waals surface area contributed by atoms with Crippen molar-refractivity contribution in [1.82, 2.24) is 10.2 Å². The number of nitrogens with zero attached hydrogens (tertiary/aromatic N) is 1. The average Bonchev–Trinajstić information content (AvgIpc) is 2.32. The molecule has 102 valence electrons. The minimum atomic E-state index is -0.358. The molecule has 0 spiro atoms. The Kier molecular flexibility index (Phi) is 3.36. The van der Waals surface area contributed by atoms with E-state index in [1.54, 1.807) is 12.0 Å². The topological polar surface area (TPSA) is 58.6 Å². The SMILES string of the molecule is CCC1NC(=O)CN(C2CC(OC)C2(C)C)C1=O. The normalized spacial score (nSPS) is 35.1. The summed E-state index contributed by atoms with van der Waals surface area (Å²) in [5.74, 6) is -0.0113. The summed E-state index contributed by atoms with van der Waals surface area (Å²) in [4.78, 5) is 25.7. The molecule has 1 saturated carbocycles. The van der Waals surface area contributed by atoms with Crippen LogP contribution >= 0.6 is 0 Å². The number of carbonyl (C=O) groups excluding carboxylic acids is 2. The number of hydrogen-bond donors (Lipinski definition) is 1. The van der Waals surface area contributed by atoms with Gasteiger partial charge in [-0.05, 0) is 12.8 Å². The molecule has 0 bridgehead atoms. The van der Waals surface area contributed by atoms with Crippen molar-refractivity contribution in [2.75, 3.05) is 13.7 Å². The van der Waals surface area contributed by atoms with E-state index in [9.17, 15) is 9.59 Å². The van der Waals surface area contributed by atoms with Crippen LogP contribution in [0.5, 0.6) is 0 Å². The quantitative estimate of drug-likeness (QED) is 0.799. The molecule has 2 fully saturated rings. The summed E-state index contributed by atoms with van der Waals surface area (Å²) in [7, 11) is 1.70. The van der Waals surface area contributed by atoms with Crippen molar-refractivity contribution in [3.05, 3.63) is 0 Å². The van der Waals surface area contributed by atoms with Gasteiger partial charge in [0.2, 0.25) is 11.8 Å². The van der Waals surface area contributed by atoms with Crippen molar-refractivity contribution in [1.29, 1.82) is 0 Å². The van der Waals surface area contributed by atoms with E-state index in [-0.39, 0.29) is 42.0 Å². The Bertz CT molecular complexity index is 367. The van der Waals surface area contributed by atoms with Gasteiger partial charge < -0.3 is 15.0 Å². The van der Waals surface area contributed by atoms with Gasteiger partial charge in [0.1, 0.15) is 6.04 Å². The third kappa shape index (κ3) is 1.90. The Morgan fingerprint density at radius 2 is 2.11 bits per heavy atom. The molecule has 1 saturated heterocycles. The van der Waals surface area contributed by atoms with Crippen molar-refractivity contribution >= 4 is 11.8 Å². The summed E-state index contributed by atoms with van der Waals surface area (Å²) < 4.78 is 5.40. The molecule has 2 aliphatic rings. The lowest BCUT2D eigenvalue weighted by Gasteiger charge is -2.56. The molecular weight excluding hydrogens is 232 g/mol. The van der Waals surface area contributed by atoms with Gasteiger partial charge in [-0.1, -0.05) is 20.8 Å². The molecule has 5 heteroatoms. The summed E-state index contributed by atoms with van der Waals surface area (Å²) in [6.45, 7) is 6.28. The van der Waals surface area contributed by atoms with Crippen molar-refractivity contribution < 1.29 is 14.3 Å². The fourth-order valence-corrected chi connectivity index (χ4v) is 3.07. The highest BCUT2D eigenvalue weighted by atomic mass is 16.5. The number of rotatable bonds is 3. The van der Waals surface area contributed by atoms with Crippen LogP contribution in [0.15, 0.2) is 0 Å². The molecule has 0 aromatic rings. The largest absolute Gasteiger partial charge is 0.381 e. The van der Waals surface area contributed by atoms with Crippen LogP contribution < -0.4 is 5.32 Å². The maximum Gasteiger partial charge on any atom is 0.245 e. The summed E-state index contributed by atoms with van der Waals surface area (Å²) in [6.07, 6.45) is 1.63. The maximum absolute atomic E-state index is 12.3. The first-order chi connectivity index (χ1) is 8.41. The Labute approximate surface area is 108 Å². The van der Waals surface area contributed by atoms with Gasteiger partial charge in [-0.15, -0.1) is 0 Å². The minimum absolute atomic E-state index is 0.0460. The van der Waals surface area contributed by atoms with Crippen molar-refractivity contribution in [2.45, 2.75) is 51.8 Å². The van der Waals surface area contributed by atoms with E-state index in [1.807, 2.05) is 6.92 Å². The van der Waals surface area contributed by atoms with E-state index < -0.39 is 0 Å². The Balaban J connectivity index is 2.13. The van der Waals surface area contributed by atoms with Crippen LogP contribution in [0.3, 0.4) is 0 Å². The van der Waals surface area contributed by atoms with E-state index in [2.05, 4.69) is 19.2 Å². The van der Waals surface area contributed by atoms with Crippen LogP contribution in [-0.4, -0.2) is 48.6 Å². The molecule has 1 aliphatic carbocycles. The number of carbonyl (C=O) groups is 2. The number of amides is 2. The minimum Gasteiger partial charge on any atom is -0.381 e. The first-order valence-corrected chi connectivity index (χ1v) is 6.54. The van der Waals surface area contributed by atoms with Crippen LogP contribution in [0.1, 0.15) is 33.6 Å². The highest BCUT2D eigenvalue weighted by molar-refractivity contribution is 5.95. The van der Waals surface area contributed by atoms with Gasteiger partial charge in [0, 0.05) is 18.6 Å². The van der Waals surface area contributed by atoms with Gasteiger partial charge in [-0.3, -0.25) is 9.59 Å².